The molecular weight excluding hydrogens is 344 g/mol. The number of hydrogen-bond donors (Lipinski definition) is 0. The van der Waals surface area contributed by atoms with E-state index in [4.69, 9.17) is 4.74 Å². The molecule has 26 heavy (non-hydrogen) atoms. The van der Waals surface area contributed by atoms with E-state index in [1.165, 1.54) is 4.70 Å². The van der Waals surface area contributed by atoms with Crippen LogP contribution in [0, 0.1) is 6.92 Å². The number of aryl methyl sites for hydroxylation is 1. The molecular formula is C20H20N4OS. The number of ether oxygens (including phenoxy) is 1. The molecule has 0 aliphatic rings. The summed E-state index contributed by atoms with van der Waals surface area (Å²) in [6, 6.07) is 10.3. The van der Waals surface area contributed by atoms with E-state index in [2.05, 4.69) is 41.9 Å². The molecule has 1 aromatic carbocycles. The van der Waals surface area contributed by atoms with E-state index < -0.39 is 0 Å². The minimum atomic E-state index is 0.270. The topological polar surface area (TPSA) is 52.8 Å². The molecule has 0 saturated carbocycles. The van der Waals surface area contributed by atoms with Gasteiger partial charge in [0.15, 0.2) is 0 Å². The first-order valence-corrected chi connectivity index (χ1v) is 9.46. The SMILES string of the molecule is Cc1c(OCc2cccnc2-c2ccnn2C(C)C)ccc2ncsc12. The standard InChI is InChI=1S/C20H20N4OS/c1-13(2)24-17(8-10-23-24)19-15(5-4-9-21-19)11-25-18-7-6-16-20(14(18)3)26-12-22-16/h4-10,12-13H,11H2,1-3H3. The quantitative estimate of drug-likeness (QED) is 0.499. The first-order chi connectivity index (χ1) is 12.6. The lowest BCUT2D eigenvalue weighted by atomic mass is 10.1. The molecule has 3 aromatic heterocycles. The van der Waals surface area contributed by atoms with Gasteiger partial charge in [0.05, 0.1) is 27.1 Å². The summed E-state index contributed by atoms with van der Waals surface area (Å²) in [5.41, 5.74) is 6.97. The van der Waals surface area contributed by atoms with Crippen molar-refractivity contribution in [1.82, 2.24) is 19.7 Å². The van der Waals surface area contributed by atoms with E-state index in [1.54, 1.807) is 11.3 Å². The van der Waals surface area contributed by atoms with E-state index in [9.17, 15) is 0 Å². The predicted octanol–water partition coefficient (Wildman–Crippen LogP) is 5.02. The summed E-state index contributed by atoms with van der Waals surface area (Å²) < 4.78 is 9.31. The van der Waals surface area contributed by atoms with Gasteiger partial charge in [-0.1, -0.05) is 6.07 Å². The Morgan fingerprint density at radius 2 is 2.00 bits per heavy atom. The minimum Gasteiger partial charge on any atom is -0.488 e. The molecule has 0 atom stereocenters. The van der Waals surface area contributed by atoms with E-state index in [0.717, 1.165) is 33.8 Å². The van der Waals surface area contributed by atoms with Gasteiger partial charge in [0.1, 0.15) is 12.4 Å². The molecule has 132 valence electrons. The summed E-state index contributed by atoms with van der Waals surface area (Å²) in [5.74, 6) is 0.883. The molecule has 3 heterocycles. The maximum absolute atomic E-state index is 6.15. The Labute approximate surface area is 156 Å². The van der Waals surface area contributed by atoms with Crippen LogP contribution in [0.1, 0.15) is 31.0 Å². The number of benzene rings is 1. The van der Waals surface area contributed by atoms with Crippen molar-refractivity contribution in [1.29, 1.82) is 0 Å². The largest absolute Gasteiger partial charge is 0.488 e. The Bertz CT molecular complexity index is 1050. The molecule has 0 radical (unpaired) electrons. The van der Waals surface area contributed by atoms with Crippen molar-refractivity contribution in [3.8, 4) is 17.1 Å². The van der Waals surface area contributed by atoms with Crippen molar-refractivity contribution in [3.63, 3.8) is 0 Å². The van der Waals surface area contributed by atoms with Crippen LogP contribution >= 0.6 is 11.3 Å². The molecule has 0 unspecified atom stereocenters. The molecule has 5 nitrogen and oxygen atoms in total. The highest BCUT2D eigenvalue weighted by Gasteiger charge is 2.14. The van der Waals surface area contributed by atoms with Crippen molar-refractivity contribution < 1.29 is 4.74 Å². The molecule has 4 rings (SSSR count). The molecule has 0 fully saturated rings. The second-order valence-electron chi connectivity index (χ2n) is 6.44. The Balaban J connectivity index is 1.65. The minimum absolute atomic E-state index is 0.270. The van der Waals surface area contributed by atoms with Crippen LogP contribution in [0.3, 0.4) is 0 Å². The highest BCUT2D eigenvalue weighted by molar-refractivity contribution is 7.17. The third kappa shape index (κ3) is 2.97. The number of fused-ring (bicyclic) bond motifs is 1. The summed E-state index contributed by atoms with van der Waals surface area (Å²) in [4.78, 5) is 8.95. The predicted molar refractivity (Wildman–Crippen MR) is 105 cm³/mol. The zero-order valence-corrected chi connectivity index (χ0v) is 15.8. The summed E-state index contributed by atoms with van der Waals surface area (Å²) in [7, 11) is 0. The fraction of sp³-hybridized carbons (Fsp3) is 0.250. The smallest absolute Gasteiger partial charge is 0.124 e. The lowest BCUT2D eigenvalue weighted by Gasteiger charge is -2.15. The monoisotopic (exact) mass is 364 g/mol. The van der Waals surface area contributed by atoms with Gasteiger partial charge in [-0.15, -0.1) is 11.3 Å². The first-order valence-electron chi connectivity index (χ1n) is 8.58. The van der Waals surface area contributed by atoms with Crippen LogP contribution in [-0.4, -0.2) is 19.7 Å². The highest BCUT2D eigenvalue weighted by Crippen LogP contribution is 2.31. The molecule has 0 bridgehead atoms. The average molecular weight is 364 g/mol. The van der Waals surface area contributed by atoms with Gasteiger partial charge in [0.2, 0.25) is 0 Å². The van der Waals surface area contributed by atoms with Crippen molar-refractivity contribution in [2.75, 3.05) is 0 Å². The lowest BCUT2D eigenvalue weighted by Crippen LogP contribution is -2.07. The van der Waals surface area contributed by atoms with E-state index in [0.29, 0.717) is 6.61 Å². The van der Waals surface area contributed by atoms with Crippen molar-refractivity contribution in [2.24, 2.45) is 0 Å². The normalized spacial score (nSPS) is 11.4. The number of hydrogen-bond acceptors (Lipinski definition) is 5. The van der Waals surface area contributed by atoms with Gasteiger partial charge in [0.25, 0.3) is 0 Å². The molecule has 0 N–H and O–H groups in total. The molecule has 0 aliphatic carbocycles. The molecule has 0 aliphatic heterocycles. The average Bonchev–Trinajstić information content (AvgIpc) is 3.31. The van der Waals surface area contributed by atoms with Gasteiger partial charge in [-0.05, 0) is 45.0 Å². The van der Waals surface area contributed by atoms with E-state index >= 15 is 0 Å². The van der Waals surface area contributed by atoms with Gasteiger partial charge in [-0.3, -0.25) is 9.67 Å². The molecule has 0 amide bonds. The third-order valence-corrected chi connectivity index (χ3v) is 5.34. The third-order valence-electron chi connectivity index (χ3n) is 4.37. The molecule has 4 aromatic rings. The summed E-state index contributed by atoms with van der Waals surface area (Å²) >= 11 is 1.64. The first kappa shape index (κ1) is 16.7. The second kappa shape index (κ2) is 6.88. The molecule has 0 saturated heterocycles. The fourth-order valence-electron chi connectivity index (χ4n) is 3.06. The fourth-order valence-corrected chi connectivity index (χ4v) is 3.85. The zero-order valence-electron chi connectivity index (χ0n) is 15.0. The van der Waals surface area contributed by atoms with Crippen LogP contribution in [-0.2, 0) is 6.61 Å². The van der Waals surface area contributed by atoms with Gasteiger partial charge in [0, 0.05) is 29.6 Å². The number of aromatic nitrogens is 4. The number of pyridine rings is 1. The summed E-state index contributed by atoms with van der Waals surface area (Å²) in [5, 5.41) is 4.42. The van der Waals surface area contributed by atoms with Crippen molar-refractivity contribution >= 4 is 21.6 Å². The van der Waals surface area contributed by atoms with Gasteiger partial charge in [-0.2, -0.15) is 5.10 Å². The van der Waals surface area contributed by atoms with Crippen LogP contribution in [0.5, 0.6) is 5.75 Å². The van der Waals surface area contributed by atoms with Gasteiger partial charge >= 0.3 is 0 Å². The Morgan fingerprint density at radius 1 is 1.12 bits per heavy atom. The molecule has 0 spiro atoms. The molecule has 6 heteroatoms. The van der Waals surface area contributed by atoms with Gasteiger partial charge in [-0.25, -0.2) is 4.98 Å². The Kier molecular flexibility index (Phi) is 4.42. The van der Waals surface area contributed by atoms with E-state index in [-0.39, 0.29) is 6.04 Å². The maximum Gasteiger partial charge on any atom is 0.124 e. The lowest BCUT2D eigenvalue weighted by molar-refractivity contribution is 0.304. The van der Waals surface area contributed by atoms with Crippen molar-refractivity contribution in [2.45, 2.75) is 33.4 Å². The summed E-state index contributed by atoms with van der Waals surface area (Å²) in [6.45, 7) is 6.76. The maximum atomic E-state index is 6.15. The number of nitrogens with zero attached hydrogens (tertiary/aromatic N) is 4. The second-order valence-corrected chi connectivity index (χ2v) is 7.30. The number of rotatable bonds is 5. The summed E-state index contributed by atoms with van der Waals surface area (Å²) in [6.07, 6.45) is 3.63. The van der Waals surface area contributed by atoms with E-state index in [1.807, 2.05) is 46.9 Å². The van der Waals surface area contributed by atoms with Crippen LogP contribution in [0.4, 0.5) is 0 Å². The van der Waals surface area contributed by atoms with Crippen LogP contribution in [0.15, 0.2) is 48.2 Å². The zero-order chi connectivity index (χ0) is 18.1. The Hall–Kier alpha value is -2.73. The van der Waals surface area contributed by atoms with Crippen molar-refractivity contribution in [3.05, 3.63) is 59.4 Å². The van der Waals surface area contributed by atoms with Crippen LogP contribution in [0.25, 0.3) is 21.6 Å². The highest BCUT2D eigenvalue weighted by atomic mass is 32.1. The number of thiazole rings is 1. The van der Waals surface area contributed by atoms with Crippen LogP contribution in [0.2, 0.25) is 0 Å². The Morgan fingerprint density at radius 3 is 2.85 bits per heavy atom. The van der Waals surface area contributed by atoms with Gasteiger partial charge < -0.3 is 4.74 Å². The van der Waals surface area contributed by atoms with Crippen LogP contribution < -0.4 is 4.74 Å².